The van der Waals surface area contributed by atoms with Crippen LogP contribution in [-0.2, 0) is 0 Å². The molecule has 5 nitrogen and oxygen atoms in total. The van der Waals surface area contributed by atoms with E-state index in [2.05, 4.69) is 216 Å². The van der Waals surface area contributed by atoms with Gasteiger partial charge in [0.05, 0.1) is 0 Å². The van der Waals surface area contributed by atoms with Crippen LogP contribution in [0.2, 0.25) is 0 Å². The van der Waals surface area contributed by atoms with Crippen molar-refractivity contribution in [1.29, 1.82) is 0 Å². The maximum atomic E-state index is 6.75. The smallest absolute Gasteiger partial charge is 0.137 e. The van der Waals surface area contributed by atoms with Gasteiger partial charge in [-0.1, -0.05) is 72.8 Å². The zero-order chi connectivity index (χ0) is 43.7. The Kier molecular flexibility index (Phi) is 7.75. The van der Waals surface area contributed by atoms with Gasteiger partial charge in [0.1, 0.15) is 33.5 Å². The van der Waals surface area contributed by atoms with Gasteiger partial charge in [-0.05, 0) is 121 Å². The second-order valence-corrected chi connectivity index (χ2v) is 19.4. The first-order valence-corrected chi connectivity index (χ1v) is 24.0. The first kappa shape index (κ1) is 36.9. The summed E-state index contributed by atoms with van der Waals surface area (Å²) in [6.45, 7) is 0. The summed E-state index contributed by atoms with van der Waals surface area (Å²) in [7, 11) is 0. The van der Waals surface area contributed by atoms with Crippen molar-refractivity contribution in [2.75, 3.05) is 9.80 Å². The minimum atomic E-state index is 0.809. The number of anilines is 6. The lowest BCUT2D eigenvalue weighted by molar-refractivity contribution is 0.662. The number of rotatable bonds is 6. The average Bonchev–Trinajstić information content (AvgIpc) is 4.19. The van der Waals surface area contributed by atoms with E-state index in [9.17, 15) is 0 Å². The van der Waals surface area contributed by atoms with Crippen molar-refractivity contribution in [3.63, 3.8) is 0 Å². The molecule has 0 aliphatic rings. The lowest BCUT2D eigenvalue weighted by Gasteiger charge is -2.25. The molecule has 0 bridgehead atoms. The van der Waals surface area contributed by atoms with Crippen LogP contribution in [0.1, 0.15) is 0 Å². The SMILES string of the molecule is c1ccc(N(c2ccc3c(c2)oc2cc4c(cc23)oc2cc3c(cc24)oc2cc(N(c4ccccc4)c4ccc5sc6ccccc6c5c4)ccc23)c2ccc3sc4ccccc4c3c2)cc1. The summed E-state index contributed by atoms with van der Waals surface area (Å²) in [6.07, 6.45) is 0. The molecule has 10 aromatic carbocycles. The van der Waals surface area contributed by atoms with Crippen molar-refractivity contribution in [2.45, 2.75) is 0 Å². The number of hydrogen-bond acceptors (Lipinski definition) is 7. The van der Waals surface area contributed by atoms with Gasteiger partial charge >= 0.3 is 0 Å². The fourth-order valence-corrected chi connectivity index (χ4v) is 12.5. The van der Waals surface area contributed by atoms with Crippen LogP contribution in [-0.4, -0.2) is 0 Å². The van der Waals surface area contributed by atoms with Crippen LogP contribution in [0.4, 0.5) is 34.1 Å². The predicted octanol–water partition coefficient (Wildman–Crippen LogP) is 19.1. The summed E-state index contributed by atoms with van der Waals surface area (Å²) >= 11 is 3.67. The quantitative estimate of drug-likeness (QED) is 0.166. The third-order valence-electron chi connectivity index (χ3n) is 13.4. The Labute approximate surface area is 390 Å². The van der Waals surface area contributed by atoms with Gasteiger partial charge in [-0.15, -0.1) is 22.7 Å². The van der Waals surface area contributed by atoms with Gasteiger partial charge in [-0.2, -0.15) is 0 Å². The van der Waals surface area contributed by atoms with Crippen LogP contribution in [0, 0.1) is 0 Å². The molecular formula is C60H34N2O3S2. The Bertz CT molecular complexity index is 4190. The Hall–Kier alpha value is -8.36. The largest absolute Gasteiger partial charge is 0.456 e. The van der Waals surface area contributed by atoms with Crippen molar-refractivity contribution in [2.24, 2.45) is 0 Å². The lowest BCUT2D eigenvalue weighted by Crippen LogP contribution is -2.09. The molecule has 0 saturated carbocycles. The van der Waals surface area contributed by atoms with Gasteiger partial charge in [0.2, 0.25) is 0 Å². The van der Waals surface area contributed by atoms with Crippen LogP contribution in [0.5, 0.6) is 0 Å². The van der Waals surface area contributed by atoms with Gasteiger partial charge in [-0.25, -0.2) is 0 Å². The van der Waals surface area contributed by atoms with Crippen molar-refractivity contribution < 1.29 is 13.3 Å². The molecule has 0 fully saturated rings. The highest BCUT2D eigenvalue weighted by molar-refractivity contribution is 7.26. The van der Waals surface area contributed by atoms with Gasteiger partial charge in [0, 0.05) is 119 Å². The van der Waals surface area contributed by atoms with Gasteiger partial charge in [0.25, 0.3) is 0 Å². The Morgan fingerprint density at radius 2 is 0.552 bits per heavy atom. The molecule has 0 saturated heterocycles. The maximum Gasteiger partial charge on any atom is 0.137 e. The van der Waals surface area contributed by atoms with Gasteiger partial charge in [0.15, 0.2) is 0 Å². The van der Waals surface area contributed by atoms with Crippen LogP contribution in [0.15, 0.2) is 220 Å². The molecule has 0 aliphatic carbocycles. The highest BCUT2D eigenvalue weighted by atomic mass is 32.1. The summed E-state index contributed by atoms with van der Waals surface area (Å²) in [5.74, 6) is 0. The topological polar surface area (TPSA) is 45.9 Å². The Morgan fingerprint density at radius 1 is 0.224 bits per heavy atom. The molecule has 0 spiro atoms. The maximum absolute atomic E-state index is 6.75. The van der Waals surface area contributed by atoms with Crippen LogP contribution >= 0.6 is 22.7 Å². The summed E-state index contributed by atoms with van der Waals surface area (Å²) in [6, 6.07) is 73.5. The molecule has 0 unspecified atom stereocenters. The van der Waals surface area contributed by atoms with E-state index in [0.29, 0.717) is 0 Å². The number of para-hydroxylation sites is 2. The molecule has 5 aromatic heterocycles. The van der Waals surface area contributed by atoms with E-state index in [1.807, 2.05) is 22.7 Å². The lowest BCUT2D eigenvalue weighted by atomic mass is 10.1. The van der Waals surface area contributed by atoms with Gasteiger partial charge in [-0.3, -0.25) is 0 Å². The molecule has 7 heteroatoms. The monoisotopic (exact) mass is 894 g/mol. The van der Waals surface area contributed by atoms with E-state index in [1.165, 1.54) is 40.3 Å². The second-order valence-electron chi connectivity index (χ2n) is 17.3. The van der Waals surface area contributed by atoms with E-state index in [-0.39, 0.29) is 0 Å². The number of thiophene rings is 2. The molecule has 67 heavy (non-hydrogen) atoms. The molecule has 0 aliphatic heterocycles. The molecule has 15 aromatic rings. The minimum absolute atomic E-state index is 0.809. The summed E-state index contributed by atoms with van der Waals surface area (Å²) in [5, 5.41) is 11.2. The van der Waals surface area contributed by atoms with E-state index < -0.39 is 0 Å². The van der Waals surface area contributed by atoms with E-state index in [4.69, 9.17) is 13.3 Å². The number of benzene rings is 10. The molecule has 5 heterocycles. The fourth-order valence-electron chi connectivity index (χ4n) is 10.3. The zero-order valence-corrected chi connectivity index (χ0v) is 37.2. The van der Waals surface area contributed by atoms with Crippen LogP contribution in [0.25, 0.3) is 106 Å². The first-order valence-electron chi connectivity index (χ1n) is 22.4. The molecule has 0 N–H and O–H groups in total. The average molecular weight is 895 g/mol. The van der Waals surface area contributed by atoms with Crippen molar-refractivity contribution in [1.82, 2.24) is 0 Å². The minimum Gasteiger partial charge on any atom is -0.456 e. The molecule has 15 rings (SSSR count). The number of fused-ring (bicyclic) bond motifs is 15. The molecular weight excluding hydrogens is 861 g/mol. The standard InChI is InChI=1S/C60H34N2O3S2/c1-3-11-35(12-4-1)61(37-21-25-59-49(27-37)43-15-7-9-17-57(43)66-59)39-19-23-41-45-31-55-47(33-53(45)63-51(41)29-39)48-34-54-46(32-56(48)65-55)42-24-20-40(30-52(42)64-54)62(36-13-5-2-6-14-36)38-22-26-60-50(28-38)44-16-8-10-18-58(44)67-60/h1-34H. The summed E-state index contributed by atoms with van der Waals surface area (Å²) in [5.41, 5.74) is 11.2. The predicted molar refractivity (Wildman–Crippen MR) is 283 cm³/mol. The first-order chi connectivity index (χ1) is 33.1. The van der Waals surface area contributed by atoms with Crippen molar-refractivity contribution >= 4 is 163 Å². The number of nitrogens with zero attached hydrogens (tertiary/aromatic N) is 2. The molecule has 0 amide bonds. The van der Waals surface area contributed by atoms with E-state index >= 15 is 0 Å². The highest BCUT2D eigenvalue weighted by Crippen LogP contribution is 2.46. The Balaban J connectivity index is 0.829. The molecule has 0 atom stereocenters. The molecule has 314 valence electrons. The third-order valence-corrected chi connectivity index (χ3v) is 15.7. The highest BCUT2D eigenvalue weighted by Gasteiger charge is 2.21. The van der Waals surface area contributed by atoms with Crippen LogP contribution in [0.3, 0.4) is 0 Å². The van der Waals surface area contributed by atoms with Gasteiger partial charge < -0.3 is 23.1 Å². The van der Waals surface area contributed by atoms with Crippen molar-refractivity contribution in [3.05, 3.63) is 206 Å². The normalized spacial score (nSPS) is 12.2. The zero-order valence-electron chi connectivity index (χ0n) is 35.6. The fraction of sp³-hybridized carbons (Fsp3) is 0. The number of hydrogen-bond donors (Lipinski definition) is 0. The van der Waals surface area contributed by atoms with Crippen molar-refractivity contribution in [3.8, 4) is 0 Å². The third kappa shape index (κ3) is 5.65. The summed E-state index contributed by atoms with van der Waals surface area (Å²) in [4.78, 5) is 4.62. The Morgan fingerprint density at radius 3 is 0.985 bits per heavy atom. The second kappa shape index (κ2) is 14.1. The summed E-state index contributed by atoms with van der Waals surface area (Å²) < 4.78 is 25.3. The molecule has 0 radical (unpaired) electrons. The van der Waals surface area contributed by atoms with E-state index in [1.54, 1.807) is 0 Å². The number of furan rings is 3. The van der Waals surface area contributed by atoms with E-state index in [0.717, 1.165) is 99.9 Å². The van der Waals surface area contributed by atoms with Crippen LogP contribution < -0.4 is 9.80 Å².